The number of carbonyl (C=O) groups is 2. The lowest BCUT2D eigenvalue weighted by Crippen LogP contribution is -2.42. The molecule has 1 saturated heterocycles. The summed E-state index contributed by atoms with van der Waals surface area (Å²) in [7, 11) is 4.85. The van der Waals surface area contributed by atoms with Gasteiger partial charge in [0.15, 0.2) is 0 Å². The Bertz CT molecular complexity index is 1560. The van der Waals surface area contributed by atoms with Crippen LogP contribution in [0.15, 0.2) is 36.7 Å². The molecule has 1 unspecified atom stereocenters. The van der Waals surface area contributed by atoms with Gasteiger partial charge in [0.1, 0.15) is 0 Å². The molecule has 6 rings (SSSR count). The van der Waals surface area contributed by atoms with Crippen LogP contribution in [0.25, 0.3) is 11.1 Å². The molecule has 0 saturated carbocycles. The van der Waals surface area contributed by atoms with Crippen molar-refractivity contribution in [3.8, 4) is 11.1 Å². The molecule has 0 radical (unpaired) electrons. The molecule has 1 fully saturated rings. The number of anilines is 2. The molecule has 4 heterocycles. The van der Waals surface area contributed by atoms with Crippen LogP contribution in [-0.2, 0) is 42.5 Å². The smallest absolute Gasteiger partial charge is 0.317 e. The summed E-state index contributed by atoms with van der Waals surface area (Å²) in [6, 6.07) is 7.83. The van der Waals surface area contributed by atoms with Crippen molar-refractivity contribution in [3.63, 3.8) is 0 Å². The number of hydrogen-bond acceptors (Lipinski definition) is 6. The van der Waals surface area contributed by atoms with E-state index in [1.165, 1.54) is 12.7 Å². The van der Waals surface area contributed by atoms with Crippen molar-refractivity contribution >= 4 is 23.4 Å². The third-order valence-corrected chi connectivity index (χ3v) is 9.24. The first kappa shape index (κ1) is 30.1. The number of rotatable bonds is 6. The van der Waals surface area contributed by atoms with Gasteiger partial charge < -0.3 is 19.9 Å². The monoisotopic (exact) mass is 606 g/mol. The van der Waals surface area contributed by atoms with Gasteiger partial charge in [0.25, 0.3) is 6.43 Å². The van der Waals surface area contributed by atoms with Crippen molar-refractivity contribution in [2.45, 2.75) is 51.6 Å². The van der Waals surface area contributed by atoms with Crippen molar-refractivity contribution in [3.05, 3.63) is 64.5 Å². The van der Waals surface area contributed by atoms with Crippen LogP contribution in [0.1, 0.15) is 53.5 Å². The Morgan fingerprint density at radius 1 is 1.07 bits per heavy atom. The number of benzene rings is 2. The van der Waals surface area contributed by atoms with Crippen molar-refractivity contribution in [2.24, 2.45) is 13.0 Å². The highest BCUT2D eigenvalue weighted by molar-refractivity contribution is 5.79. The molecule has 3 aliphatic rings. The molecule has 3 aliphatic heterocycles. The maximum atomic E-state index is 14.6. The number of alkyl halides is 2. The first-order valence-electron chi connectivity index (χ1n) is 15.4. The molecule has 2 amide bonds. The fourth-order valence-corrected chi connectivity index (χ4v) is 7.08. The number of carbonyl (C=O) groups excluding carboxylic acids is 2. The first-order valence-corrected chi connectivity index (χ1v) is 15.4. The highest BCUT2D eigenvalue weighted by atomic mass is 19.3. The molecule has 11 heteroatoms. The van der Waals surface area contributed by atoms with E-state index in [2.05, 4.69) is 32.3 Å². The number of esters is 1. The van der Waals surface area contributed by atoms with Gasteiger partial charge >= 0.3 is 12.0 Å². The molecule has 1 N–H and O–H groups in total. The van der Waals surface area contributed by atoms with Gasteiger partial charge in [0.05, 0.1) is 19.2 Å². The zero-order valence-corrected chi connectivity index (χ0v) is 25.6. The van der Waals surface area contributed by atoms with Gasteiger partial charge in [-0.25, -0.2) is 13.6 Å². The average molecular weight is 607 g/mol. The quantitative estimate of drug-likeness (QED) is 0.389. The summed E-state index contributed by atoms with van der Waals surface area (Å²) in [5.41, 5.74) is 7.30. The highest BCUT2D eigenvalue weighted by Gasteiger charge is 2.31. The molecule has 1 aromatic heterocycles. The van der Waals surface area contributed by atoms with Gasteiger partial charge in [-0.3, -0.25) is 14.4 Å². The molecule has 0 bridgehead atoms. The number of likely N-dealkylation sites (tertiary alicyclic amines) is 1. The van der Waals surface area contributed by atoms with Crippen LogP contribution in [0.5, 0.6) is 0 Å². The summed E-state index contributed by atoms with van der Waals surface area (Å²) >= 11 is 0. The number of nitrogens with zero attached hydrogens (tertiary/aromatic N) is 5. The lowest BCUT2D eigenvalue weighted by molar-refractivity contribution is -0.147. The van der Waals surface area contributed by atoms with Gasteiger partial charge in [-0.05, 0) is 84.7 Å². The molecule has 3 aromatic rings. The Balaban J connectivity index is 1.41. The number of fused-ring (bicyclic) bond motifs is 2. The number of aromatic nitrogens is 2. The number of piperidine rings is 1. The Morgan fingerprint density at radius 2 is 1.91 bits per heavy atom. The van der Waals surface area contributed by atoms with Crippen LogP contribution < -0.4 is 10.2 Å². The van der Waals surface area contributed by atoms with Crippen LogP contribution in [0.2, 0.25) is 0 Å². The van der Waals surface area contributed by atoms with E-state index in [-0.39, 0.29) is 23.5 Å². The number of methoxy groups -OCH3 is 1. The first-order chi connectivity index (χ1) is 21.2. The van der Waals surface area contributed by atoms with Crippen LogP contribution in [0.3, 0.4) is 0 Å². The Hall–Kier alpha value is -3.99. The van der Waals surface area contributed by atoms with Crippen molar-refractivity contribution in [2.75, 3.05) is 45.2 Å². The number of amides is 2. The van der Waals surface area contributed by atoms with E-state index < -0.39 is 6.43 Å². The van der Waals surface area contributed by atoms with E-state index >= 15 is 0 Å². The Labute approximate surface area is 256 Å². The number of urea groups is 1. The lowest BCUT2D eigenvalue weighted by atomic mass is 9.90. The van der Waals surface area contributed by atoms with Crippen LogP contribution in [-0.4, -0.2) is 71.9 Å². The van der Waals surface area contributed by atoms with Gasteiger partial charge in [-0.2, -0.15) is 5.10 Å². The molecule has 0 aliphatic carbocycles. The van der Waals surface area contributed by atoms with Crippen molar-refractivity contribution < 1.29 is 23.1 Å². The summed E-state index contributed by atoms with van der Waals surface area (Å²) < 4.78 is 35.8. The standard InChI is InChI=1S/C33H40F2N6O3/c1-36-33(43)40-11-8-22-12-21(17-39-9-4-7-24(19-39)32(42)44-3)13-30(28(22)20-40)41-10-5-6-23-14-26(25-16-37-38(2)18-25)27(31(34)35)15-29(23)41/h12-16,18,24,31H,4-11,17,19-20H2,1-3H3,(H,36,43). The largest absolute Gasteiger partial charge is 0.469 e. The van der Waals surface area contributed by atoms with E-state index in [1.54, 1.807) is 42.1 Å². The summed E-state index contributed by atoms with van der Waals surface area (Å²) in [5, 5.41) is 6.96. The van der Waals surface area contributed by atoms with Gasteiger partial charge in [0.2, 0.25) is 0 Å². The van der Waals surface area contributed by atoms with Crippen LogP contribution in [0.4, 0.5) is 25.0 Å². The van der Waals surface area contributed by atoms with Crippen molar-refractivity contribution in [1.82, 2.24) is 24.9 Å². The topological polar surface area (TPSA) is 82.9 Å². The molecule has 44 heavy (non-hydrogen) atoms. The molecule has 9 nitrogen and oxygen atoms in total. The normalized spacial score (nSPS) is 18.6. The fourth-order valence-electron chi connectivity index (χ4n) is 7.08. The molecular formula is C33H40F2N6O3. The average Bonchev–Trinajstić information content (AvgIpc) is 3.48. The number of aryl methyl sites for hydroxylation is 2. The minimum Gasteiger partial charge on any atom is -0.469 e. The Kier molecular flexibility index (Phi) is 8.57. The second kappa shape index (κ2) is 12.6. The van der Waals surface area contributed by atoms with E-state index in [1.807, 2.05) is 6.07 Å². The molecule has 234 valence electrons. The number of ether oxygens (including phenoxy) is 1. The van der Waals surface area contributed by atoms with Gasteiger partial charge in [-0.1, -0.05) is 6.07 Å². The third kappa shape index (κ3) is 5.89. The molecule has 1 atom stereocenters. The second-order valence-electron chi connectivity index (χ2n) is 12.1. The minimum absolute atomic E-state index is 0.0113. The summed E-state index contributed by atoms with van der Waals surface area (Å²) in [4.78, 5) is 31.2. The Morgan fingerprint density at radius 3 is 2.64 bits per heavy atom. The maximum absolute atomic E-state index is 14.6. The number of hydrogen-bond donors (Lipinski definition) is 1. The van der Waals surface area contributed by atoms with E-state index in [0.29, 0.717) is 50.3 Å². The summed E-state index contributed by atoms with van der Waals surface area (Å²) in [5.74, 6) is -0.303. The van der Waals surface area contributed by atoms with Gasteiger partial charge in [0, 0.05) is 75.5 Å². The summed E-state index contributed by atoms with van der Waals surface area (Å²) in [6.45, 7) is 3.95. The number of halogens is 2. The molecule has 2 aromatic carbocycles. The van der Waals surface area contributed by atoms with E-state index in [0.717, 1.165) is 60.3 Å². The highest BCUT2D eigenvalue weighted by Crippen LogP contribution is 2.43. The maximum Gasteiger partial charge on any atom is 0.317 e. The SMILES string of the molecule is CNC(=O)N1CCc2cc(CN3CCCC(C(=O)OC)C3)cc(N3CCCc4cc(-c5cnn(C)c5)c(C(F)F)cc43)c2C1. The van der Waals surface area contributed by atoms with Crippen molar-refractivity contribution in [1.29, 1.82) is 0 Å². The molecular weight excluding hydrogens is 566 g/mol. The number of nitrogens with one attached hydrogen (secondary N) is 1. The zero-order valence-electron chi connectivity index (χ0n) is 25.6. The second-order valence-corrected chi connectivity index (χ2v) is 12.1. The summed E-state index contributed by atoms with van der Waals surface area (Å²) in [6.07, 6.45) is 4.87. The minimum atomic E-state index is -2.65. The lowest BCUT2D eigenvalue weighted by Gasteiger charge is -2.38. The third-order valence-electron chi connectivity index (χ3n) is 9.24. The van der Waals surface area contributed by atoms with Crippen LogP contribution >= 0.6 is 0 Å². The van der Waals surface area contributed by atoms with E-state index in [4.69, 9.17) is 4.74 Å². The van der Waals surface area contributed by atoms with Gasteiger partial charge in [-0.15, -0.1) is 0 Å². The van der Waals surface area contributed by atoms with E-state index in [9.17, 15) is 18.4 Å². The van der Waals surface area contributed by atoms with Crippen LogP contribution in [0, 0.1) is 5.92 Å². The fraction of sp³-hybridized carbons (Fsp3) is 0.485. The molecule has 0 spiro atoms. The predicted molar refractivity (Wildman–Crippen MR) is 164 cm³/mol. The zero-order chi connectivity index (χ0) is 31.0. The predicted octanol–water partition coefficient (Wildman–Crippen LogP) is 5.19.